The van der Waals surface area contributed by atoms with E-state index in [0.717, 1.165) is 6.42 Å². The number of aliphatic hydroxyl groups is 1. The second-order valence-corrected chi connectivity index (χ2v) is 6.96. The highest BCUT2D eigenvalue weighted by molar-refractivity contribution is 6.04. The van der Waals surface area contributed by atoms with Gasteiger partial charge in [0.25, 0.3) is 0 Å². The molecule has 0 aliphatic carbocycles. The normalized spacial score (nSPS) is 13.8. The summed E-state index contributed by atoms with van der Waals surface area (Å²) in [5.41, 5.74) is 0.967. The molecule has 0 fully saturated rings. The highest BCUT2D eigenvalue weighted by Crippen LogP contribution is 2.27. The van der Waals surface area contributed by atoms with Gasteiger partial charge in [-0.3, -0.25) is 15.0 Å². The van der Waals surface area contributed by atoms with E-state index in [1.54, 1.807) is 13.8 Å². The SMILES string of the molecule is CCCC(C(=O)NN)C(=O)C(C)(C)OCCC(C)(C)CCO. The molecule has 4 N–H and O–H groups in total. The third-order valence-corrected chi connectivity index (χ3v) is 3.98. The molecule has 0 heterocycles. The number of hydrazine groups is 1. The van der Waals surface area contributed by atoms with Crippen molar-refractivity contribution in [1.82, 2.24) is 5.43 Å². The van der Waals surface area contributed by atoms with E-state index in [0.29, 0.717) is 25.9 Å². The highest BCUT2D eigenvalue weighted by Gasteiger charge is 2.38. The fraction of sp³-hybridized carbons (Fsp3) is 0.875. The zero-order chi connectivity index (χ0) is 17.4. The second kappa shape index (κ2) is 9.22. The maximum Gasteiger partial charge on any atom is 0.244 e. The molecule has 0 aromatic heterocycles. The van der Waals surface area contributed by atoms with Gasteiger partial charge in [-0.2, -0.15) is 0 Å². The molecule has 0 bridgehead atoms. The van der Waals surface area contributed by atoms with Crippen LogP contribution in [0.3, 0.4) is 0 Å². The number of carbonyl (C=O) groups is 2. The van der Waals surface area contributed by atoms with Gasteiger partial charge in [-0.15, -0.1) is 0 Å². The number of carbonyl (C=O) groups excluding carboxylic acids is 2. The molecule has 1 unspecified atom stereocenters. The number of rotatable bonds is 11. The van der Waals surface area contributed by atoms with Crippen LogP contribution in [0.25, 0.3) is 0 Å². The van der Waals surface area contributed by atoms with E-state index in [-0.39, 0.29) is 17.8 Å². The predicted molar refractivity (Wildman–Crippen MR) is 85.9 cm³/mol. The van der Waals surface area contributed by atoms with E-state index in [9.17, 15) is 9.59 Å². The number of aliphatic hydroxyl groups excluding tert-OH is 1. The Morgan fingerprint density at radius 2 is 1.82 bits per heavy atom. The summed E-state index contributed by atoms with van der Waals surface area (Å²) < 4.78 is 5.74. The van der Waals surface area contributed by atoms with Gasteiger partial charge >= 0.3 is 0 Å². The maximum absolute atomic E-state index is 12.6. The van der Waals surface area contributed by atoms with Crippen molar-refractivity contribution < 1.29 is 19.4 Å². The van der Waals surface area contributed by atoms with Gasteiger partial charge in [0.15, 0.2) is 5.78 Å². The summed E-state index contributed by atoms with van der Waals surface area (Å²) in [5.74, 6) is 3.66. The average molecular weight is 316 g/mol. The average Bonchev–Trinajstić information content (AvgIpc) is 2.42. The minimum Gasteiger partial charge on any atom is -0.396 e. The Balaban J connectivity index is 4.69. The fourth-order valence-electron chi connectivity index (χ4n) is 2.27. The lowest BCUT2D eigenvalue weighted by Gasteiger charge is -2.30. The summed E-state index contributed by atoms with van der Waals surface area (Å²) in [7, 11) is 0. The van der Waals surface area contributed by atoms with Gasteiger partial charge in [0.05, 0.1) is 0 Å². The van der Waals surface area contributed by atoms with Crippen LogP contribution in [0.1, 0.15) is 60.3 Å². The van der Waals surface area contributed by atoms with Gasteiger partial charge in [0.1, 0.15) is 11.5 Å². The van der Waals surface area contributed by atoms with Crippen molar-refractivity contribution in [3.63, 3.8) is 0 Å². The first-order valence-electron chi connectivity index (χ1n) is 7.91. The molecule has 0 aliphatic heterocycles. The van der Waals surface area contributed by atoms with Crippen molar-refractivity contribution >= 4 is 11.7 Å². The van der Waals surface area contributed by atoms with E-state index >= 15 is 0 Å². The van der Waals surface area contributed by atoms with E-state index in [1.807, 2.05) is 20.8 Å². The zero-order valence-corrected chi connectivity index (χ0v) is 14.6. The van der Waals surface area contributed by atoms with E-state index < -0.39 is 17.4 Å². The van der Waals surface area contributed by atoms with Gasteiger partial charge in [0, 0.05) is 13.2 Å². The van der Waals surface area contributed by atoms with Crippen LogP contribution in [0.15, 0.2) is 0 Å². The van der Waals surface area contributed by atoms with E-state index in [2.05, 4.69) is 5.43 Å². The molecule has 0 aromatic rings. The van der Waals surface area contributed by atoms with Crippen LogP contribution in [0, 0.1) is 11.3 Å². The summed E-state index contributed by atoms with van der Waals surface area (Å²) in [4.78, 5) is 24.3. The first-order valence-corrected chi connectivity index (χ1v) is 7.91. The van der Waals surface area contributed by atoms with Crippen LogP contribution < -0.4 is 11.3 Å². The fourth-order valence-corrected chi connectivity index (χ4v) is 2.27. The van der Waals surface area contributed by atoms with E-state index in [4.69, 9.17) is 15.7 Å². The minimum atomic E-state index is -1.04. The topological polar surface area (TPSA) is 102 Å². The Labute approximate surface area is 133 Å². The van der Waals surface area contributed by atoms with Crippen molar-refractivity contribution in [2.24, 2.45) is 17.2 Å². The molecular weight excluding hydrogens is 284 g/mol. The number of nitrogens with one attached hydrogen (secondary N) is 1. The van der Waals surface area contributed by atoms with Gasteiger partial charge in [-0.25, -0.2) is 5.84 Å². The lowest BCUT2D eigenvalue weighted by atomic mass is 9.85. The smallest absolute Gasteiger partial charge is 0.244 e. The van der Waals surface area contributed by atoms with Gasteiger partial charge in [-0.1, -0.05) is 27.2 Å². The quantitative estimate of drug-likeness (QED) is 0.232. The molecule has 0 radical (unpaired) electrons. The standard InChI is InChI=1S/C16H32N2O4/c1-6-7-12(14(21)18-17)13(20)16(4,5)22-11-9-15(2,3)8-10-19/h12,19H,6-11,17H2,1-5H3,(H,18,21). The molecule has 0 aromatic carbocycles. The molecule has 1 atom stereocenters. The first-order chi connectivity index (χ1) is 10.1. The number of amides is 1. The highest BCUT2D eigenvalue weighted by atomic mass is 16.5. The Bertz CT molecular complexity index is 367. The molecule has 1 amide bonds. The summed E-state index contributed by atoms with van der Waals surface area (Å²) in [6, 6.07) is 0. The number of Topliss-reactive ketones (excluding diaryl/α,β-unsaturated/α-hetero) is 1. The molecule has 6 heteroatoms. The summed E-state index contributed by atoms with van der Waals surface area (Å²) in [6.07, 6.45) is 2.57. The van der Waals surface area contributed by atoms with Crippen molar-refractivity contribution in [3.8, 4) is 0 Å². The molecule has 22 heavy (non-hydrogen) atoms. The maximum atomic E-state index is 12.6. The van der Waals surface area contributed by atoms with Crippen LogP contribution in [-0.2, 0) is 14.3 Å². The molecule has 130 valence electrons. The molecule has 0 rings (SSSR count). The van der Waals surface area contributed by atoms with Crippen LogP contribution in [0.5, 0.6) is 0 Å². The van der Waals surface area contributed by atoms with Crippen molar-refractivity contribution in [2.75, 3.05) is 13.2 Å². The Morgan fingerprint density at radius 3 is 2.27 bits per heavy atom. The Morgan fingerprint density at radius 1 is 1.23 bits per heavy atom. The molecule has 0 saturated heterocycles. The summed E-state index contributed by atoms with van der Waals surface area (Å²) >= 11 is 0. The molecule has 0 saturated carbocycles. The van der Waals surface area contributed by atoms with Crippen LogP contribution >= 0.6 is 0 Å². The Kier molecular flexibility index (Phi) is 8.81. The van der Waals surface area contributed by atoms with Crippen LogP contribution in [0.2, 0.25) is 0 Å². The third-order valence-electron chi connectivity index (χ3n) is 3.98. The minimum absolute atomic E-state index is 0.0503. The van der Waals surface area contributed by atoms with Gasteiger partial charge in [0.2, 0.25) is 5.91 Å². The zero-order valence-electron chi connectivity index (χ0n) is 14.6. The monoisotopic (exact) mass is 316 g/mol. The van der Waals surface area contributed by atoms with E-state index in [1.165, 1.54) is 0 Å². The first kappa shape index (κ1) is 21.0. The van der Waals surface area contributed by atoms with Crippen molar-refractivity contribution in [1.29, 1.82) is 0 Å². The lowest BCUT2D eigenvalue weighted by molar-refractivity contribution is -0.150. The summed E-state index contributed by atoms with van der Waals surface area (Å²) in [5, 5.41) is 9.02. The lowest BCUT2D eigenvalue weighted by Crippen LogP contribution is -2.47. The molecule has 6 nitrogen and oxygen atoms in total. The second-order valence-electron chi connectivity index (χ2n) is 6.96. The largest absolute Gasteiger partial charge is 0.396 e. The third kappa shape index (κ3) is 6.85. The molecular formula is C16H32N2O4. The van der Waals surface area contributed by atoms with Gasteiger partial charge < -0.3 is 9.84 Å². The van der Waals surface area contributed by atoms with Gasteiger partial charge in [-0.05, 0) is 38.5 Å². The molecule has 0 aliphatic rings. The number of hydrogen-bond acceptors (Lipinski definition) is 5. The van der Waals surface area contributed by atoms with Crippen LogP contribution in [-0.4, -0.2) is 35.6 Å². The Hall–Kier alpha value is -0.980. The summed E-state index contributed by atoms with van der Waals surface area (Å²) in [6.45, 7) is 9.89. The number of ketones is 1. The number of ether oxygens (including phenoxy) is 1. The van der Waals surface area contributed by atoms with Crippen molar-refractivity contribution in [3.05, 3.63) is 0 Å². The number of nitrogens with two attached hydrogens (primary N) is 1. The molecule has 0 spiro atoms. The predicted octanol–water partition coefficient (Wildman–Crippen LogP) is 1.56. The van der Waals surface area contributed by atoms with Crippen LogP contribution in [0.4, 0.5) is 0 Å². The van der Waals surface area contributed by atoms with Crippen molar-refractivity contribution in [2.45, 2.75) is 65.9 Å². The number of hydrogen-bond donors (Lipinski definition) is 3.